The number of nitrogens with zero attached hydrogens (tertiary/aromatic N) is 2. The van der Waals surface area contributed by atoms with E-state index in [0.717, 1.165) is 22.3 Å². The van der Waals surface area contributed by atoms with Gasteiger partial charge in [-0.25, -0.2) is 8.42 Å². The number of rotatable bonds is 12. The van der Waals surface area contributed by atoms with E-state index in [1.807, 2.05) is 77.1 Å². The molecule has 0 spiro atoms. The number of carbonyl (C=O) groups is 2. The Morgan fingerprint density at radius 1 is 0.907 bits per heavy atom. The normalized spacial score (nSPS) is 12.5. The first-order valence-corrected chi connectivity index (χ1v) is 16.8. The first-order valence-electron chi connectivity index (χ1n) is 14.2. The number of hydrogen-bond donors (Lipinski definition) is 1. The number of sulfonamides is 1. The molecule has 43 heavy (non-hydrogen) atoms. The zero-order chi connectivity index (χ0) is 31.9. The molecule has 0 saturated carbocycles. The van der Waals surface area contributed by atoms with Crippen LogP contribution in [0.1, 0.15) is 55.9 Å². The van der Waals surface area contributed by atoms with E-state index in [0.29, 0.717) is 22.2 Å². The second-order valence-electron chi connectivity index (χ2n) is 11.9. The topological polar surface area (TPSA) is 86.8 Å². The van der Waals surface area contributed by atoms with Gasteiger partial charge in [-0.3, -0.25) is 13.9 Å². The van der Waals surface area contributed by atoms with E-state index in [9.17, 15) is 18.0 Å². The van der Waals surface area contributed by atoms with Crippen LogP contribution in [0.2, 0.25) is 10.0 Å². The van der Waals surface area contributed by atoms with Crippen molar-refractivity contribution in [3.8, 4) is 0 Å². The van der Waals surface area contributed by atoms with Crippen LogP contribution < -0.4 is 9.62 Å². The largest absolute Gasteiger partial charge is 0.350 e. The number of hydrogen-bond acceptors (Lipinski definition) is 4. The van der Waals surface area contributed by atoms with E-state index in [4.69, 9.17) is 23.2 Å². The summed E-state index contributed by atoms with van der Waals surface area (Å²) in [5, 5.41) is 3.78. The molecule has 0 aliphatic carbocycles. The summed E-state index contributed by atoms with van der Waals surface area (Å²) >= 11 is 12.5. The first-order chi connectivity index (χ1) is 20.1. The van der Waals surface area contributed by atoms with Gasteiger partial charge in [0.15, 0.2) is 0 Å². The van der Waals surface area contributed by atoms with Crippen LogP contribution in [0.5, 0.6) is 0 Å². The molecule has 3 aromatic rings. The van der Waals surface area contributed by atoms with Crippen molar-refractivity contribution in [1.82, 2.24) is 10.2 Å². The lowest BCUT2D eigenvalue weighted by atomic mass is 10.00. The second kappa shape index (κ2) is 14.6. The van der Waals surface area contributed by atoms with Crippen molar-refractivity contribution >= 4 is 50.7 Å². The van der Waals surface area contributed by atoms with Gasteiger partial charge in [-0.1, -0.05) is 71.7 Å². The third-order valence-corrected chi connectivity index (χ3v) is 9.02. The van der Waals surface area contributed by atoms with Crippen LogP contribution in [0.4, 0.5) is 5.69 Å². The Labute approximate surface area is 266 Å². The maximum atomic E-state index is 14.0. The highest BCUT2D eigenvalue weighted by Crippen LogP contribution is 2.27. The molecule has 3 aromatic carbocycles. The van der Waals surface area contributed by atoms with Crippen LogP contribution in [0.25, 0.3) is 0 Å². The summed E-state index contributed by atoms with van der Waals surface area (Å²) in [4.78, 5) is 29.3. The summed E-state index contributed by atoms with van der Waals surface area (Å²) in [5.74, 6) is -0.552. The van der Waals surface area contributed by atoms with Crippen molar-refractivity contribution in [2.45, 2.75) is 72.0 Å². The van der Waals surface area contributed by atoms with Gasteiger partial charge in [-0.15, -0.1) is 0 Å². The highest BCUT2D eigenvalue weighted by Gasteiger charge is 2.32. The molecule has 0 heterocycles. The Morgan fingerprint density at radius 3 is 2.19 bits per heavy atom. The van der Waals surface area contributed by atoms with Gasteiger partial charge in [0, 0.05) is 31.5 Å². The highest BCUT2D eigenvalue weighted by atomic mass is 35.5. The predicted octanol–water partition coefficient (Wildman–Crippen LogP) is 6.71. The Morgan fingerprint density at radius 2 is 1.58 bits per heavy atom. The molecule has 0 aromatic heterocycles. The van der Waals surface area contributed by atoms with Crippen molar-refractivity contribution in [1.29, 1.82) is 0 Å². The number of halogens is 2. The number of amides is 2. The van der Waals surface area contributed by atoms with E-state index >= 15 is 0 Å². The number of benzene rings is 3. The molecular weight excluding hydrogens is 605 g/mol. The lowest BCUT2D eigenvalue weighted by Gasteiger charge is -2.34. The molecule has 0 fully saturated rings. The van der Waals surface area contributed by atoms with Crippen molar-refractivity contribution in [3.05, 3.63) is 99.0 Å². The summed E-state index contributed by atoms with van der Waals surface area (Å²) in [5.41, 5.74) is 3.53. The second-order valence-corrected chi connectivity index (χ2v) is 14.6. The molecule has 3 rings (SSSR count). The summed E-state index contributed by atoms with van der Waals surface area (Å²) in [7, 11) is -3.61. The monoisotopic (exact) mass is 645 g/mol. The standard InChI is InChI=1S/C33H41Cl2N3O4S/c1-23-12-10-15-29(24(23)2)38(43(6,41)42)19-11-16-31(39)37(22-26-17-18-27(34)28(35)20-26)30(32(40)36-33(3,4)5)21-25-13-8-7-9-14-25/h7-10,12-15,17-18,20,30H,11,16,19,21-22H2,1-6H3,(H,36,40). The lowest BCUT2D eigenvalue weighted by Crippen LogP contribution is -2.54. The maximum Gasteiger partial charge on any atom is 0.243 e. The summed E-state index contributed by atoms with van der Waals surface area (Å²) in [6.07, 6.45) is 1.76. The molecule has 0 aliphatic heterocycles. The van der Waals surface area contributed by atoms with Gasteiger partial charge in [-0.2, -0.15) is 0 Å². The van der Waals surface area contributed by atoms with Gasteiger partial charge in [0.25, 0.3) is 0 Å². The van der Waals surface area contributed by atoms with E-state index in [2.05, 4.69) is 5.32 Å². The minimum absolute atomic E-state index is 0.0340. The smallest absolute Gasteiger partial charge is 0.243 e. The van der Waals surface area contributed by atoms with Gasteiger partial charge in [0.2, 0.25) is 21.8 Å². The van der Waals surface area contributed by atoms with Crippen molar-refractivity contribution in [3.63, 3.8) is 0 Å². The fourth-order valence-corrected chi connectivity index (χ4v) is 6.17. The molecule has 1 atom stereocenters. The van der Waals surface area contributed by atoms with Crippen molar-refractivity contribution in [2.24, 2.45) is 0 Å². The SMILES string of the molecule is Cc1cccc(N(CCCC(=O)N(Cc2ccc(Cl)c(Cl)c2)C(Cc2ccccc2)C(=O)NC(C)(C)C)S(C)(=O)=O)c1C. The predicted molar refractivity (Wildman–Crippen MR) is 176 cm³/mol. The number of carbonyl (C=O) groups excluding carboxylic acids is 2. The molecule has 0 bridgehead atoms. The fourth-order valence-electron chi connectivity index (χ4n) is 4.83. The molecule has 7 nitrogen and oxygen atoms in total. The van der Waals surface area contributed by atoms with Crippen LogP contribution in [0, 0.1) is 13.8 Å². The lowest BCUT2D eigenvalue weighted by molar-refractivity contribution is -0.142. The van der Waals surface area contributed by atoms with Gasteiger partial charge in [0.1, 0.15) is 6.04 Å². The van der Waals surface area contributed by atoms with Crippen molar-refractivity contribution in [2.75, 3.05) is 17.1 Å². The van der Waals surface area contributed by atoms with E-state index in [1.165, 1.54) is 10.6 Å². The summed E-state index contributed by atoms with van der Waals surface area (Å²) in [6.45, 7) is 9.73. The number of aryl methyl sites for hydroxylation is 1. The van der Waals surface area contributed by atoms with Crippen LogP contribution in [0.15, 0.2) is 66.7 Å². The maximum absolute atomic E-state index is 14.0. The number of nitrogens with one attached hydrogen (secondary N) is 1. The molecule has 10 heteroatoms. The Kier molecular flexibility index (Phi) is 11.7. The average Bonchev–Trinajstić information content (AvgIpc) is 2.91. The molecular formula is C33H41Cl2N3O4S. The van der Waals surface area contributed by atoms with Gasteiger partial charge in [0.05, 0.1) is 22.0 Å². The molecule has 232 valence electrons. The molecule has 0 aliphatic rings. The zero-order valence-corrected chi connectivity index (χ0v) is 28.0. The van der Waals surface area contributed by atoms with E-state index in [-0.39, 0.29) is 37.7 Å². The molecule has 0 saturated heterocycles. The van der Waals surface area contributed by atoms with E-state index < -0.39 is 21.6 Å². The van der Waals surface area contributed by atoms with Crippen LogP contribution in [-0.4, -0.2) is 49.5 Å². The average molecular weight is 647 g/mol. The minimum Gasteiger partial charge on any atom is -0.350 e. The Bertz CT molecular complexity index is 1540. The highest BCUT2D eigenvalue weighted by molar-refractivity contribution is 7.92. The van der Waals surface area contributed by atoms with Crippen molar-refractivity contribution < 1.29 is 18.0 Å². The van der Waals surface area contributed by atoms with Crippen LogP contribution in [0.3, 0.4) is 0 Å². The van der Waals surface area contributed by atoms with Crippen LogP contribution >= 0.6 is 23.2 Å². The van der Waals surface area contributed by atoms with E-state index in [1.54, 1.807) is 29.2 Å². The molecule has 2 amide bonds. The molecule has 0 radical (unpaired) electrons. The summed E-state index contributed by atoms with van der Waals surface area (Å²) in [6, 6.07) is 19.4. The third-order valence-electron chi connectivity index (χ3n) is 7.10. The summed E-state index contributed by atoms with van der Waals surface area (Å²) < 4.78 is 26.9. The molecule has 1 unspecified atom stereocenters. The number of anilines is 1. The molecule has 1 N–H and O–H groups in total. The van der Waals surface area contributed by atoms with Gasteiger partial charge in [-0.05, 0) is 81.5 Å². The Balaban J connectivity index is 1.94. The van der Waals surface area contributed by atoms with Gasteiger partial charge >= 0.3 is 0 Å². The quantitative estimate of drug-likeness (QED) is 0.237. The zero-order valence-electron chi connectivity index (χ0n) is 25.7. The van der Waals surface area contributed by atoms with Gasteiger partial charge < -0.3 is 10.2 Å². The third kappa shape index (κ3) is 9.98. The Hall–Kier alpha value is -3.07. The van der Waals surface area contributed by atoms with Crippen LogP contribution in [-0.2, 0) is 32.6 Å². The fraction of sp³-hybridized carbons (Fsp3) is 0.394. The minimum atomic E-state index is -3.61. The first kappa shape index (κ1) is 34.4.